The zero-order chi connectivity index (χ0) is 16.5. The van der Waals surface area contributed by atoms with Gasteiger partial charge in [-0.2, -0.15) is 13.2 Å². The van der Waals surface area contributed by atoms with Crippen molar-refractivity contribution in [2.45, 2.75) is 13.1 Å². The number of carbonyl (C=O) groups is 1. The molecule has 2 rings (SSSR count). The second kappa shape index (κ2) is 5.96. The fourth-order valence-electron chi connectivity index (χ4n) is 2.02. The predicted molar refractivity (Wildman–Crippen MR) is 79.8 cm³/mol. The molecule has 0 amide bonds. The number of alkyl halides is 3. The molecule has 0 saturated heterocycles. The molecule has 2 aromatic rings. The SMILES string of the molecule is CN=Cc1cc(C(C)=O)[nH]c1-c1cc(C(F)(F)F)ccc1Cl. The molecule has 0 atom stereocenters. The lowest BCUT2D eigenvalue weighted by atomic mass is 10.0. The number of hydrogen-bond donors (Lipinski definition) is 1. The number of aromatic amines is 1. The number of Topliss-reactive ketones (excluding diaryl/α,β-unsaturated/α-hetero) is 1. The minimum atomic E-state index is -4.48. The number of nitrogens with one attached hydrogen (secondary N) is 1. The van der Waals surface area contributed by atoms with Crippen molar-refractivity contribution in [3.63, 3.8) is 0 Å². The number of aliphatic imine (C=N–C) groups is 1. The van der Waals surface area contributed by atoms with Crippen LogP contribution in [0.2, 0.25) is 5.02 Å². The van der Waals surface area contributed by atoms with Gasteiger partial charge in [0.15, 0.2) is 5.78 Å². The summed E-state index contributed by atoms with van der Waals surface area (Å²) in [6, 6.07) is 4.57. The number of benzene rings is 1. The van der Waals surface area contributed by atoms with Crippen molar-refractivity contribution in [3.05, 3.63) is 46.1 Å². The molecule has 7 heteroatoms. The van der Waals surface area contributed by atoms with Crippen LogP contribution < -0.4 is 0 Å². The Labute approximate surface area is 129 Å². The van der Waals surface area contributed by atoms with Gasteiger partial charge in [0, 0.05) is 36.3 Å². The van der Waals surface area contributed by atoms with Gasteiger partial charge in [-0.25, -0.2) is 0 Å². The van der Waals surface area contributed by atoms with E-state index in [1.54, 1.807) is 0 Å². The van der Waals surface area contributed by atoms with Gasteiger partial charge in [-0.3, -0.25) is 9.79 Å². The Bertz CT molecular complexity index is 748. The summed E-state index contributed by atoms with van der Waals surface area (Å²) in [5.41, 5.74) is 0.448. The number of nitrogens with zero attached hydrogens (tertiary/aromatic N) is 1. The molecule has 116 valence electrons. The highest BCUT2D eigenvalue weighted by atomic mass is 35.5. The van der Waals surface area contributed by atoms with Gasteiger partial charge in [0.2, 0.25) is 0 Å². The summed E-state index contributed by atoms with van der Waals surface area (Å²) in [6.07, 6.45) is -3.02. The molecule has 0 aliphatic rings. The van der Waals surface area contributed by atoms with Crippen molar-refractivity contribution in [2.75, 3.05) is 7.05 Å². The van der Waals surface area contributed by atoms with Crippen LogP contribution in [0.3, 0.4) is 0 Å². The van der Waals surface area contributed by atoms with Gasteiger partial charge in [-0.15, -0.1) is 0 Å². The minimum absolute atomic E-state index is 0.149. The zero-order valence-corrected chi connectivity index (χ0v) is 12.5. The molecule has 0 saturated carbocycles. The summed E-state index contributed by atoms with van der Waals surface area (Å²) in [4.78, 5) is 18.1. The van der Waals surface area contributed by atoms with Crippen molar-refractivity contribution in [1.29, 1.82) is 0 Å². The molecule has 0 fully saturated rings. The zero-order valence-electron chi connectivity index (χ0n) is 11.8. The van der Waals surface area contributed by atoms with Crippen LogP contribution in [0.25, 0.3) is 11.3 Å². The molecular formula is C15H12ClF3N2O. The number of halogens is 4. The monoisotopic (exact) mass is 328 g/mol. The Kier molecular flexibility index (Phi) is 4.42. The molecule has 0 aliphatic heterocycles. The Balaban J connectivity index is 2.67. The average Bonchev–Trinajstić information content (AvgIpc) is 2.82. The summed E-state index contributed by atoms with van der Waals surface area (Å²) in [6.45, 7) is 1.36. The second-order valence-corrected chi connectivity index (χ2v) is 5.06. The quantitative estimate of drug-likeness (QED) is 0.649. The maximum Gasteiger partial charge on any atom is 0.416 e. The van der Waals surface area contributed by atoms with Gasteiger partial charge in [0.1, 0.15) is 0 Å². The highest BCUT2D eigenvalue weighted by molar-refractivity contribution is 6.33. The van der Waals surface area contributed by atoms with Crippen molar-refractivity contribution >= 4 is 23.6 Å². The predicted octanol–water partition coefficient (Wildman–Crippen LogP) is 4.61. The third-order valence-electron chi connectivity index (χ3n) is 3.06. The van der Waals surface area contributed by atoms with Crippen molar-refractivity contribution in [2.24, 2.45) is 4.99 Å². The molecule has 1 aromatic carbocycles. The van der Waals surface area contributed by atoms with Gasteiger partial charge in [-0.05, 0) is 24.3 Å². The van der Waals surface area contributed by atoms with Crippen LogP contribution in [0, 0.1) is 0 Å². The van der Waals surface area contributed by atoms with Gasteiger partial charge in [0.25, 0.3) is 0 Å². The van der Waals surface area contributed by atoms with Crippen molar-refractivity contribution in [3.8, 4) is 11.3 Å². The topological polar surface area (TPSA) is 45.2 Å². The van der Waals surface area contributed by atoms with Gasteiger partial charge in [-0.1, -0.05) is 11.6 Å². The van der Waals surface area contributed by atoms with Gasteiger partial charge < -0.3 is 4.98 Å². The summed E-state index contributed by atoms with van der Waals surface area (Å²) >= 11 is 6.03. The smallest absolute Gasteiger partial charge is 0.352 e. The molecule has 3 nitrogen and oxygen atoms in total. The van der Waals surface area contributed by atoms with E-state index in [1.165, 1.54) is 32.3 Å². The Morgan fingerprint density at radius 2 is 2.00 bits per heavy atom. The van der Waals surface area contributed by atoms with E-state index in [0.29, 0.717) is 11.3 Å². The summed E-state index contributed by atoms with van der Waals surface area (Å²) in [5.74, 6) is -0.236. The summed E-state index contributed by atoms with van der Waals surface area (Å²) in [5, 5.41) is 0.149. The summed E-state index contributed by atoms with van der Waals surface area (Å²) in [7, 11) is 1.53. The van der Waals surface area contributed by atoms with Crippen LogP contribution in [-0.2, 0) is 6.18 Å². The van der Waals surface area contributed by atoms with Crippen molar-refractivity contribution < 1.29 is 18.0 Å². The number of ketones is 1. The highest BCUT2D eigenvalue weighted by Crippen LogP contribution is 2.36. The molecule has 0 aliphatic carbocycles. The lowest BCUT2D eigenvalue weighted by molar-refractivity contribution is -0.137. The maximum absolute atomic E-state index is 12.9. The number of hydrogen-bond acceptors (Lipinski definition) is 2. The number of H-pyrrole nitrogens is 1. The molecule has 0 radical (unpaired) electrons. The van der Waals surface area contributed by atoms with E-state index in [9.17, 15) is 18.0 Å². The Morgan fingerprint density at radius 1 is 1.32 bits per heavy atom. The number of carbonyl (C=O) groups excluding carboxylic acids is 1. The molecular weight excluding hydrogens is 317 g/mol. The molecule has 0 spiro atoms. The molecule has 1 heterocycles. The summed E-state index contributed by atoms with van der Waals surface area (Å²) < 4.78 is 38.6. The van der Waals surface area contributed by atoms with Gasteiger partial charge >= 0.3 is 6.18 Å². The van der Waals surface area contributed by atoms with E-state index in [1.807, 2.05) is 0 Å². The molecule has 0 unspecified atom stereocenters. The molecule has 1 aromatic heterocycles. The largest absolute Gasteiger partial charge is 0.416 e. The molecule has 0 bridgehead atoms. The highest BCUT2D eigenvalue weighted by Gasteiger charge is 2.31. The van der Waals surface area contributed by atoms with Crippen molar-refractivity contribution in [1.82, 2.24) is 4.98 Å². The first-order valence-corrected chi connectivity index (χ1v) is 6.65. The maximum atomic E-state index is 12.9. The second-order valence-electron chi connectivity index (χ2n) is 4.65. The number of rotatable bonds is 3. The first-order chi connectivity index (χ1) is 10.2. The van der Waals surface area contributed by atoms with Crippen LogP contribution in [0.15, 0.2) is 29.3 Å². The van der Waals surface area contributed by atoms with E-state index in [0.717, 1.165) is 12.1 Å². The lowest BCUT2D eigenvalue weighted by Crippen LogP contribution is -2.05. The van der Waals surface area contributed by atoms with E-state index in [-0.39, 0.29) is 22.1 Å². The first kappa shape index (κ1) is 16.3. The van der Waals surface area contributed by atoms with Crippen LogP contribution in [0.1, 0.15) is 28.5 Å². The fraction of sp³-hybridized carbons (Fsp3) is 0.200. The van der Waals surface area contributed by atoms with Crippen LogP contribution in [0.4, 0.5) is 13.2 Å². The minimum Gasteiger partial charge on any atom is -0.352 e. The van der Waals surface area contributed by atoms with E-state index < -0.39 is 11.7 Å². The Hall–Kier alpha value is -2.08. The van der Waals surface area contributed by atoms with Crippen LogP contribution in [-0.4, -0.2) is 24.0 Å². The van der Waals surface area contributed by atoms with Crippen LogP contribution >= 0.6 is 11.6 Å². The van der Waals surface area contributed by atoms with E-state index in [2.05, 4.69) is 9.98 Å². The first-order valence-electron chi connectivity index (χ1n) is 6.27. The normalized spacial score (nSPS) is 12.1. The van der Waals surface area contributed by atoms with E-state index in [4.69, 9.17) is 11.6 Å². The average molecular weight is 329 g/mol. The molecule has 22 heavy (non-hydrogen) atoms. The standard InChI is InChI=1S/C15H12ClF3N2O/c1-8(22)13-5-9(7-20-2)14(21-13)11-6-10(15(17,18)19)3-4-12(11)16/h3-7,21H,1-2H3. The number of aromatic nitrogens is 1. The lowest BCUT2D eigenvalue weighted by Gasteiger charge is -2.10. The van der Waals surface area contributed by atoms with Gasteiger partial charge in [0.05, 0.1) is 17.0 Å². The third kappa shape index (κ3) is 3.22. The Morgan fingerprint density at radius 3 is 2.55 bits per heavy atom. The molecule has 1 N–H and O–H groups in total. The van der Waals surface area contributed by atoms with Crippen LogP contribution in [0.5, 0.6) is 0 Å². The fourth-order valence-corrected chi connectivity index (χ4v) is 2.23. The van der Waals surface area contributed by atoms with E-state index >= 15 is 0 Å². The third-order valence-corrected chi connectivity index (χ3v) is 3.39.